The lowest BCUT2D eigenvalue weighted by atomic mass is 9.77. The number of benzene rings is 2. The molecule has 1 aliphatic heterocycles. The zero-order valence-corrected chi connectivity index (χ0v) is 13.3. The molecule has 0 spiro atoms. The van der Waals surface area contributed by atoms with Crippen molar-refractivity contribution in [2.45, 2.75) is 18.4 Å². The first-order valence-corrected chi connectivity index (χ1v) is 8.10. The van der Waals surface area contributed by atoms with Crippen LogP contribution < -0.4 is 5.32 Å². The normalized spacial score (nSPS) is 25.5. The zero-order chi connectivity index (χ0) is 15.3. The van der Waals surface area contributed by atoms with Crippen LogP contribution in [0.25, 0.3) is 0 Å². The third kappa shape index (κ3) is 2.18. The highest BCUT2D eigenvalue weighted by molar-refractivity contribution is 6.35. The molecule has 0 amide bonds. The number of anilines is 1. The second-order valence-corrected chi connectivity index (χ2v) is 6.76. The molecule has 1 heterocycles. The van der Waals surface area contributed by atoms with Crippen LogP contribution in [0.4, 0.5) is 5.69 Å². The molecule has 0 bridgehead atoms. The topological polar surface area (TPSA) is 32.3 Å². The van der Waals surface area contributed by atoms with Gasteiger partial charge in [-0.25, -0.2) is 0 Å². The highest BCUT2D eigenvalue weighted by Crippen LogP contribution is 2.52. The molecule has 0 saturated heterocycles. The van der Waals surface area contributed by atoms with Crippen molar-refractivity contribution in [1.82, 2.24) is 0 Å². The number of nitrogens with one attached hydrogen (secondary N) is 1. The fourth-order valence-electron chi connectivity index (χ4n) is 3.66. The van der Waals surface area contributed by atoms with Crippen LogP contribution in [0.3, 0.4) is 0 Å². The molecule has 4 rings (SSSR count). The zero-order valence-electron chi connectivity index (χ0n) is 11.8. The summed E-state index contributed by atoms with van der Waals surface area (Å²) in [6, 6.07) is 11.3. The smallest absolute Gasteiger partial charge is 0.115 e. The van der Waals surface area contributed by atoms with Crippen LogP contribution in [0.15, 0.2) is 48.6 Å². The summed E-state index contributed by atoms with van der Waals surface area (Å²) < 4.78 is 0. The monoisotopic (exact) mass is 331 g/mol. The van der Waals surface area contributed by atoms with Gasteiger partial charge < -0.3 is 10.4 Å². The molecular weight excluding hydrogens is 317 g/mol. The van der Waals surface area contributed by atoms with Crippen molar-refractivity contribution in [2.24, 2.45) is 5.92 Å². The minimum atomic E-state index is 0.183. The van der Waals surface area contributed by atoms with Crippen LogP contribution in [0.5, 0.6) is 5.75 Å². The summed E-state index contributed by atoms with van der Waals surface area (Å²) in [5.74, 6) is 1.02. The molecule has 0 aromatic heterocycles. The Bertz CT molecular complexity index is 754. The molecule has 2 N–H and O–H groups in total. The van der Waals surface area contributed by atoms with Crippen molar-refractivity contribution in [3.63, 3.8) is 0 Å². The molecule has 4 heteroatoms. The van der Waals surface area contributed by atoms with Crippen LogP contribution in [0.2, 0.25) is 10.0 Å². The van der Waals surface area contributed by atoms with E-state index >= 15 is 0 Å². The Morgan fingerprint density at radius 3 is 2.64 bits per heavy atom. The second kappa shape index (κ2) is 5.22. The molecule has 0 fully saturated rings. The minimum Gasteiger partial charge on any atom is -0.508 e. The van der Waals surface area contributed by atoms with E-state index in [4.69, 9.17) is 23.2 Å². The molecule has 1 aliphatic carbocycles. The number of phenolic OH excluding ortho intramolecular Hbond substituents is 1. The number of aromatic hydroxyl groups is 1. The van der Waals surface area contributed by atoms with Gasteiger partial charge in [-0.15, -0.1) is 0 Å². The summed E-state index contributed by atoms with van der Waals surface area (Å²) in [5, 5.41) is 14.5. The van der Waals surface area contributed by atoms with Crippen molar-refractivity contribution in [3.8, 4) is 5.75 Å². The third-order valence-electron chi connectivity index (χ3n) is 4.63. The van der Waals surface area contributed by atoms with Crippen LogP contribution in [-0.4, -0.2) is 5.11 Å². The first kappa shape index (κ1) is 14.0. The fraction of sp³-hybridized carbons (Fsp3) is 0.222. The highest BCUT2D eigenvalue weighted by Gasteiger charge is 2.39. The molecule has 22 heavy (non-hydrogen) atoms. The number of fused-ring (bicyclic) bond motifs is 3. The van der Waals surface area contributed by atoms with Gasteiger partial charge in [-0.1, -0.05) is 47.5 Å². The molecule has 3 unspecified atom stereocenters. The van der Waals surface area contributed by atoms with Crippen LogP contribution in [0, 0.1) is 5.92 Å². The summed E-state index contributed by atoms with van der Waals surface area (Å²) >= 11 is 12.6. The van der Waals surface area contributed by atoms with Crippen molar-refractivity contribution in [3.05, 3.63) is 69.7 Å². The van der Waals surface area contributed by atoms with E-state index < -0.39 is 0 Å². The predicted molar refractivity (Wildman–Crippen MR) is 90.9 cm³/mol. The van der Waals surface area contributed by atoms with E-state index in [0.29, 0.717) is 16.9 Å². The SMILES string of the molecule is Oc1ccc(C2Nc3cc(Cl)cc(Cl)c3C3C=CCC32)cc1. The van der Waals surface area contributed by atoms with Crippen LogP contribution in [-0.2, 0) is 0 Å². The third-order valence-corrected chi connectivity index (χ3v) is 5.16. The molecule has 112 valence electrons. The summed E-state index contributed by atoms with van der Waals surface area (Å²) in [4.78, 5) is 0. The maximum absolute atomic E-state index is 9.51. The van der Waals surface area contributed by atoms with Gasteiger partial charge in [0.2, 0.25) is 0 Å². The summed E-state index contributed by atoms with van der Waals surface area (Å²) in [5.41, 5.74) is 3.31. The number of phenols is 1. The van der Waals surface area contributed by atoms with E-state index in [1.807, 2.05) is 24.3 Å². The minimum absolute atomic E-state index is 0.183. The number of allylic oxidation sites excluding steroid dienone is 2. The molecule has 2 aromatic rings. The Labute approximate surface area is 139 Å². The molecule has 0 radical (unpaired) electrons. The van der Waals surface area contributed by atoms with E-state index in [0.717, 1.165) is 22.7 Å². The Balaban J connectivity index is 1.82. The highest BCUT2D eigenvalue weighted by atomic mass is 35.5. The molecule has 0 saturated carbocycles. The average Bonchev–Trinajstić information content (AvgIpc) is 2.95. The molecular formula is C18H15Cl2NO. The van der Waals surface area contributed by atoms with Gasteiger partial charge in [0.25, 0.3) is 0 Å². The van der Waals surface area contributed by atoms with Crippen molar-refractivity contribution >= 4 is 28.9 Å². The standard InChI is InChI=1S/C18H15Cl2NO/c19-11-8-15(20)17-13-2-1-3-14(13)18(21-16(17)9-11)10-4-6-12(22)7-5-10/h1-2,4-9,13-14,18,21-22H,3H2. The van der Waals surface area contributed by atoms with Gasteiger partial charge >= 0.3 is 0 Å². The lowest BCUT2D eigenvalue weighted by molar-refractivity contribution is 0.424. The van der Waals surface area contributed by atoms with E-state index in [9.17, 15) is 5.11 Å². The average molecular weight is 332 g/mol. The van der Waals surface area contributed by atoms with Gasteiger partial charge in [-0.05, 0) is 42.2 Å². The maximum atomic E-state index is 9.51. The first-order valence-electron chi connectivity index (χ1n) is 7.34. The van der Waals surface area contributed by atoms with E-state index in [1.165, 1.54) is 5.56 Å². The van der Waals surface area contributed by atoms with Gasteiger partial charge in [0, 0.05) is 27.2 Å². The van der Waals surface area contributed by atoms with Gasteiger partial charge in [0.15, 0.2) is 0 Å². The Hall–Kier alpha value is -1.64. The molecule has 2 aliphatic rings. The maximum Gasteiger partial charge on any atom is 0.115 e. The number of rotatable bonds is 1. The molecule has 2 nitrogen and oxygen atoms in total. The van der Waals surface area contributed by atoms with Gasteiger partial charge in [0.1, 0.15) is 5.75 Å². The Morgan fingerprint density at radius 1 is 1.09 bits per heavy atom. The number of hydrogen-bond acceptors (Lipinski definition) is 2. The lowest BCUT2D eigenvalue weighted by Crippen LogP contribution is -2.29. The molecule has 3 atom stereocenters. The summed E-state index contributed by atoms with van der Waals surface area (Å²) in [7, 11) is 0. The second-order valence-electron chi connectivity index (χ2n) is 5.92. The fourth-order valence-corrected chi connectivity index (χ4v) is 4.27. The van der Waals surface area contributed by atoms with Crippen molar-refractivity contribution < 1.29 is 5.11 Å². The van der Waals surface area contributed by atoms with Crippen molar-refractivity contribution in [1.29, 1.82) is 0 Å². The first-order chi connectivity index (χ1) is 10.6. The van der Waals surface area contributed by atoms with E-state index in [-0.39, 0.29) is 11.8 Å². The van der Waals surface area contributed by atoms with Gasteiger partial charge in [-0.3, -0.25) is 0 Å². The summed E-state index contributed by atoms with van der Waals surface area (Å²) in [6.45, 7) is 0. The Kier molecular flexibility index (Phi) is 3.32. The van der Waals surface area contributed by atoms with Gasteiger partial charge in [-0.2, -0.15) is 0 Å². The number of hydrogen-bond donors (Lipinski definition) is 2. The molecule has 2 aromatic carbocycles. The predicted octanol–water partition coefficient (Wildman–Crippen LogP) is 5.53. The Morgan fingerprint density at radius 2 is 1.86 bits per heavy atom. The number of halogens is 2. The largest absolute Gasteiger partial charge is 0.508 e. The lowest BCUT2D eigenvalue weighted by Gasteiger charge is -2.38. The quantitative estimate of drug-likeness (QED) is 0.674. The van der Waals surface area contributed by atoms with Crippen LogP contribution in [0.1, 0.15) is 29.5 Å². The summed E-state index contributed by atoms with van der Waals surface area (Å²) in [6.07, 6.45) is 5.49. The van der Waals surface area contributed by atoms with Gasteiger partial charge in [0.05, 0.1) is 6.04 Å². The van der Waals surface area contributed by atoms with E-state index in [1.54, 1.807) is 12.1 Å². The van der Waals surface area contributed by atoms with E-state index in [2.05, 4.69) is 17.5 Å². The van der Waals surface area contributed by atoms with Crippen LogP contribution >= 0.6 is 23.2 Å². The van der Waals surface area contributed by atoms with Crippen molar-refractivity contribution in [2.75, 3.05) is 5.32 Å².